The maximum atomic E-state index is 11.2. The van der Waals surface area contributed by atoms with Gasteiger partial charge in [0.05, 0.1) is 16.0 Å². The van der Waals surface area contributed by atoms with Crippen molar-refractivity contribution in [3.05, 3.63) is 86.2 Å². The minimum absolute atomic E-state index is 0.0289. The number of nitrogens with one attached hydrogen (secondary N) is 2. The Morgan fingerprint density at radius 3 is 2.61 bits per heavy atom. The van der Waals surface area contributed by atoms with Crippen LogP contribution in [-0.2, 0) is 0 Å². The number of pyridine rings is 1. The molecule has 0 saturated carbocycles. The van der Waals surface area contributed by atoms with Gasteiger partial charge in [0.15, 0.2) is 6.04 Å². The number of aromatic amines is 1. The molecule has 1 atom stereocenters. The summed E-state index contributed by atoms with van der Waals surface area (Å²) in [7, 11) is 0. The summed E-state index contributed by atoms with van der Waals surface area (Å²) in [6.07, 6.45) is 1.68. The lowest BCUT2D eigenvalue weighted by Crippen LogP contribution is -2.19. The van der Waals surface area contributed by atoms with E-state index in [9.17, 15) is 10.1 Å². The van der Waals surface area contributed by atoms with E-state index in [1.807, 2.05) is 48.7 Å². The molecule has 2 aromatic heterocycles. The Hall–Kier alpha value is -2.73. The maximum Gasteiger partial charge on any atom is 0.357 e. The molecule has 0 aliphatic heterocycles. The van der Waals surface area contributed by atoms with E-state index in [1.165, 1.54) is 11.6 Å². The first kappa shape index (κ1) is 15.2. The fourth-order valence-corrected chi connectivity index (χ4v) is 3.18. The van der Waals surface area contributed by atoms with Crippen molar-refractivity contribution in [2.75, 3.05) is 5.32 Å². The molecule has 0 fully saturated rings. The van der Waals surface area contributed by atoms with Gasteiger partial charge in [0.2, 0.25) is 0 Å². The second-order valence-corrected chi connectivity index (χ2v) is 6.17. The van der Waals surface area contributed by atoms with Crippen molar-refractivity contribution in [3.8, 4) is 0 Å². The summed E-state index contributed by atoms with van der Waals surface area (Å²) in [6.45, 7) is 2.03. The van der Waals surface area contributed by atoms with Crippen molar-refractivity contribution >= 4 is 22.8 Å². The van der Waals surface area contributed by atoms with Crippen LogP contribution in [0.5, 0.6) is 0 Å². The number of nitrogens with zero attached hydrogens (tertiary/aromatic N) is 1. The number of thiophene rings is 1. The van der Waals surface area contributed by atoms with Crippen LogP contribution in [0.4, 0.5) is 11.5 Å². The van der Waals surface area contributed by atoms with Gasteiger partial charge in [-0.2, -0.15) is 0 Å². The Kier molecular flexibility index (Phi) is 4.34. The largest absolute Gasteiger partial charge is 0.357 e. The van der Waals surface area contributed by atoms with Gasteiger partial charge in [0, 0.05) is 11.6 Å². The molecule has 0 saturated heterocycles. The molecule has 6 heteroatoms. The number of nitro groups is 1. The van der Waals surface area contributed by atoms with Gasteiger partial charge in [-0.3, -0.25) is 15.4 Å². The van der Waals surface area contributed by atoms with E-state index in [4.69, 9.17) is 0 Å². The SMILES string of the molecule is Cc1ccc([C@H](Nc2[nH+]cccc2[N+](=O)[O-])c2cccs2)cc1. The second-order valence-electron chi connectivity index (χ2n) is 5.19. The highest BCUT2D eigenvalue weighted by Crippen LogP contribution is 2.31. The lowest BCUT2D eigenvalue weighted by atomic mass is 10.0. The Morgan fingerprint density at radius 2 is 1.96 bits per heavy atom. The van der Waals surface area contributed by atoms with E-state index in [0.29, 0.717) is 5.82 Å². The lowest BCUT2D eigenvalue weighted by Gasteiger charge is -2.13. The quantitative estimate of drug-likeness (QED) is 0.569. The number of aryl methyl sites for hydroxylation is 1. The van der Waals surface area contributed by atoms with Crippen LogP contribution < -0.4 is 10.3 Å². The molecule has 0 aliphatic carbocycles. The molecule has 3 rings (SSSR count). The molecule has 0 bridgehead atoms. The summed E-state index contributed by atoms with van der Waals surface area (Å²) < 4.78 is 0. The Bertz CT molecular complexity index is 801. The third-order valence-electron chi connectivity index (χ3n) is 3.56. The van der Waals surface area contributed by atoms with Gasteiger partial charge in [-0.1, -0.05) is 35.9 Å². The number of benzene rings is 1. The highest BCUT2D eigenvalue weighted by Gasteiger charge is 2.26. The smallest absolute Gasteiger partial charge is 0.258 e. The maximum absolute atomic E-state index is 11.2. The standard InChI is InChI=1S/C17H15N3O2S/c1-12-6-8-13(9-7-12)16(15-5-3-11-23-15)19-17-14(20(21)22)4-2-10-18-17/h2-11,16H,1H3,(H,18,19)/p+1/t16-/m0/s1. The molecule has 23 heavy (non-hydrogen) atoms. The van der Waals surface area contributed by atoms with Crippen molar-refractivity contribution in [3.63, 3.8) is 0 Å². The molecule has 116 valence electrons. The van der Waals surface area contributed by atoms with Crippen molar-refractivity contribution in [1.29, 1.82) is 0 Å². The first-order chi connectivity index (χ1) is 11.1. The van der Waals surface area contributed by atoms with Gasteiger partial charge < -0.3 is 0 Å². The van der Waals surface area contributed by atoms with Crippen LogP contribution in [-0.4, -0.2) is 4.92 Å². The minimum Gasteiger partial charge on any atom is -0.258 e. The molecule has 5 nitrogen and oxygen atoms in total. The zero-order valence-electron chi connectivity index (χ0n) is 12.5. The van der Waals surface area contributed by atoms with E-state index in [1.54, 1.807) is 23.6 Å². The monoisotopic (exact) mass is 326 g/mol. The lowest BCUT2D eigenvalue weighted by molar-refractivity contribution is -0.409. The average Bonchev–Trinajstić information content (AvgIpc) is 3.08. The number of hydrogen-bond donors (Lipinski definition) is 1. The number of rotatable bonds is 5. The second kappa shape index (κ2) is 6.58. The van der Waals surface area contributed by atoms with Gasteiger partial charge in [-0.25, -0.2) is 4.98 Å². The summed E-state index contributed by atoms with van der Waals surface area (Å²) in [6, 6.07) is 15.1. The fourth-order valence-electron chi connectivity index (χ4n) is 2.37. The van der Waals surface area contributed by atoms with E-state index in [0.717, 1.165) is 10.4 Å². The van der Waals surface area contributed by atoms with Gasteiger partial charge >= 0.3 is 11.5 Å². The van der Waals surface area contributed by atoms with E-state index in [2.05, 4.69) is 10.3 Å². The van der Waals surface area contributed by atoms with Crippen molar-refractivity contribution in [2.24, 2.45) is 0 Å². The molecule has 0 radical (unpaired) electrons. The zero-order chi connectivity index (χ0) is 16.2. The first-order valence-corrected chi connectivity index (χ1v) is 8.04. The summed E-state index contributed by atoms with van der Waals surface area (Å²) in [4.78, 5) is 14.9. The number of H-pyrrole nitrogens is 1. The third kappa shape index (κ3) is 3.37. The molecule has 2 heterocycles. The molecule has 0 amide bonds. The molecule has 2 N–H and O–H groups in total. The first-order valence-electron chi connectivity index (χ1n) is 7.17. The normalized spacial score (nSPS) is 11.9. The summed E-state index contributed by atoms with van der Waals surface area (Å²) >= 11 is 1.62. The van der Waals surface area contributed by atoms with Crippen LogP contribution >= 0.6 is 11.3 Å². The van der Waals surface area contributed by atoms with Crippen LogP contribution in [0.1, 0.15) is 22.0 Å². The Morgan fingerprint density at radius 1 is 1.17 bits per heavy atom. The Labute approximate surface area is 137 Å². The molecule has 3 aromatic rings. The predicted octanol–water partition coefficient (Wildman–Crippen LogP) is 3.98. The molecule has 0 aliphatic rings. The predicted molar refractivity (Wildman–Crippen MR) is 90.6 cm³/mol. The van der Waals surface area contributed by atoms with E-state index < -0.39 is 0 Å². The molecule has 1 aromatic carbocycles. The van der Waals surface area contributed by atoms with Gasteiger partial charge in [-0.15, -0.1) is 11.3 Å². The van der Waals surface area contributed by atoms with E-state index >= 15 is 0 Å². The number of hydrogen-bond acceptors (Lipinski definition) is 4. The van der Waals surface area contributed by atoms with Crippen molar-refractivity contribution in [2.45, 2.75) is 13.0 Å². The highest BCUT2D eigenvalue weighted by atomic mass is 32.1. The van der Waals surface area contributed by atoms with Crippen LogP contribution in [0.3, 0.4) is 0 Å². The summed E-state index contributed by atoms with van der Waals surface area (Å²) in [5.74, 6) is 0.400. The fraction of sp³-hybridized carbons (Fsp3) is 0.118. The van der Waals surface area contributed by atoms with Crippen molar-refractivity contribution < 1.29 is 9.91 Å². The van der Waals surface area contributed by atoms with Gasteiger partial charge in [0.1, 0.15) is 0 Å². The van der Waals surface area contributed by atoms with Gasteiger partial charge in [0.25, 0.3) is 0 Å². The van der Waals surface area contributed by atoms with Crippen LogP contribution in [0.15, 0.2) is 60.1 Å². The summed E-state index contributed by atoms with van der Waals surface area (Å²) in [5, 5.41) is 16.5. The number of anilines is 1. The van der Waals surface area contributed by atoms with Gasteiger partial charge in [-0.05, 0) is 24.4 Å². The molecular weight excluding hydrogens is 310 g/mol. The molecular formula is C17H16N3O2S+. The zero-order valence-corrected chi connectivity index (χ0v) is 13.3. The Balaban J connectivity index is 2.00. The number of aromatic nitrogens is 1. The average molecular weight is 326 g/mol. The minimum atomic E-state index is -0.389. The van der Waals surface area contributed by atoms with Crippen LogP contribution in [0, 0.1) is 17.0 Å². The topological polar surface area (TPSA) is 69.3 Å². The molecule has 0 spiro atoms. The van der Waals surface area contributed by atoms with Crippen LogP contribution in [0.2, 0.25) is 0 Å². The molecule has 0 unspecified atom stereocenters. The van der Waals surface area contributed by atoms with E-state index in [-0.39, 0.29) is 16.7 Å². The van der Waals surface area contributed by atoms with Crippen LogP contribution in [0.25, 0.3) is 0 Å². The summed E-state index contributed by atoms with van der Waals surface area (Å²) in [5.41, 5.74) is 2.27. The van der Waals surface area contributed by atoms with Crippen molar-refractivity contribution in [1.82, 2.24) is 0 Å². The highest BCUT2D eigenvalue weighted by molar-refractivity contribution is 7.10. The third-order valence-corrected chi connectivity index (χ3v) is 4.50.